The molecule has 0 aliphatic heterocycles. The maximum Gasteiger partial charge on any atom is 0.352 e. The third-order valence-corrected chi connectivity index (χ3v) is 3.75. The fourth-order valence-corrected chi connectivity index (χ4v) is 2.43. The zero-order valence-corrected chi connectivity index (χ0v) is 14.1. The van der Waals surface area contributed by atoms with Crippen molar-refractivity contribution in [1.29, 1.82) is 0 Å². The second-order valence-electron chi connectivity index (χ2n) is 5.43. The van der Waals surface area contributed by atoms with Crippen molar-refractivity contribution in [3.63, 3.8) is 0 Å². The standard InChI is InChI=1S/C18H17N5O3/c1-2-22-17(25)15(16(24)20-12-13-8-6-7-11-19-13)21-23(18(22)26)14-9-4-3-5-10-14/h3-11H,2,12H2,1H3,(H,20,24). The van der Waals surface area contributed by atoms with Crippen LogP contribution in [0.1, 0.15) is 23.1 Å². The van der Waals surface area contributed by atoms with Crippen LogP contribution in [0.2, 0.25) is 0 Å². The van der Waals surface area contributed by atoms with E-state index >= 15 is 0 Å². The van der Waals surface area contributed by atoms with Gasteiger partial charge in [-0.05, 0) is 31.2 Å². The van der Waals surface area contributed by atoms with Gasteiger partial charge < -0.3 is 5.32 Å². The monoisotopic (exact) mass is 351 g/mol. The number of hydrogen-bond donors (Lipinski definition) is 1. The Hall–Kier alpha value is -3.55. The molecule has 1 amide bonds. The SMILES string of the molecule is CCn1c(=O)c(C(=O)NCc2ccccn2)nn(-c2ccccc2)c1=O. The minimum Gasteiger partial charge on any atom is -0.345 e. The quantitative estimate of drug-likeness (QED) is 0.731. The molecule has 8 nitrogen and oxygen atoms in total. The van der Waals surface area contributed by atoms with Crippen molar-refractivity contribution < 1.29 is 4.79 Å². The van der Waals surface area contributed by atoms with Crippen LogP contribution in [0.15, 0.2) is 64.3 Å². The van der Waals surface area contributed by atoms with Crippen LogP contribution < -0.4 is 16.6 Å². The lowest BCUT2D eigenvalue weighted by Crippen LogP contribution is -2.45. The van der Waals surface area contributed by atoms with Gasteiger partial charge in [-0.2, -0.15) is 9.78 Å². The smallest absolute Gasteiger partial charge is 0.345 e. The normalized spacial score (nSPS) is 10.5. The van der Waals surface area contributed by atoms with Crippen molar-refractivity contribution in [3.8, 4) is 5.69 Å². The third-order valence-electron chi connectivity index (χ3n) is 3.75. The molecule has 0 fully saturated rings. The molecule has 0 aliphatic carbocycles. The molecular weight excluding hydrogens is 334 g/mol. The molecule has 26 heavy (non-hydrogen) atoms. The summed E-state index contributed by atoms with van der Waals surface area (Å²) in [5, 5.41) is 6.61. The lowest BCUT2D eigenvalue weighted by atomic mass is 10.3. The highest BCUT2D eigenvalue weighted by molar-refractivity contribution is 5.91. The molecule has 3 aromatic rings. The molecule has 132 valence electrons. The second-order valence-corrected chi connectivity index (χ2v) is 5.43. The molecule has 1 N–H and O–H groups in total. The van der Waals surface area contributed by atoms with E-state index in [0.29, 0.717) is 11.4 Å². The number of para-hydroxylation sites is 1. The molecule has 8 heteroatoms. The van der Waals surface area contributed by atoms with Gasteiger partial charge in [0.05, 0.1) is 17.9 Å². The van der Waals surface area contributed by atoms with Gasteiger partial charge in [-0.3, -0.25) is 19.1 Å². The number of aromatic nitrogens is 4. The summed E-state index contributed by atoms with van der Waals surface area (Å²) in [5.41, 5.74) is -0.536. The van der Waals surface area contributed by atoms with E-state index in [1.165, 1.54) is 0 Å². The molecule has 0 radical (unpaired) electrons. The van der Waals surface area contributed by atoms with Gasteiger partial charge in [-0.25, -0.2) is 4.79 Å². The molecule has 1 aromatic carbocycles. The fourth-order valence-electron chi connectivity index (χ4n) is 2.43. The van der Waals surface area contributed by atoms with Crippen LogP contribution in [0.5, 0.6) is 0 Å². The summed E-state index contributed by atoms with van der Waals surface area (Å²) in [4.78, 5) is 41.5. The van der Waals surface area contributed by atoms with Crippen molar-refractivity contribution in [1.82, 2.24) is 24.6 Å². The summed E-state index contributed by atoms with van der Waals surface area (Å²) in [6.45, 7) is 1.94. The summed E-state index contributed by atoms with van der Waals surface area (Å²) < 4.78 is 2.04. The van der Waals surface area contributed by atoms with Crippen LogP contribution >= 0.6 is 0 Å². The minimum absolute atomic E-state index is 0.132. The second kappa shape index (κ2) is 7.56. The zero-order chi connectivity index (χ0) is 18.5. The Morgan fingerprint density at radius 1 is 1.08 bits per heavy atom. The predicted octanol–water partition coefficient (Wildman–Crippen LogP) is 0.739. The van der Waals surface area contributed by atoms with Gasteiger partial charge in [-0.15, -0.1) is 0 Å². The van der Waals surface area contributed by atoms with E-state index in [2.05, 4.69) is 15.4 Å². The van der Waals surface area contributed by atoms with Crippen molar-refractivity contribution >= 4 is 5.91 Å². The molecule has 0 atom stereocenters. The number of amides is 1. The maximum absolute atomic E-state index is 12.5. The van der Waals surface area contributed by atoms with Crippen molar-refractivity contribution in [2.45, 2.75) is 20.0 Å². The minimum atomic E-state index is -0.719. The summed E-state index contributed by atoms with van der Waals surface area (Å²) in [6.07, 6.45) is 1.61. The van der Waals surface area contributed by atoms with E-state index in [4.69, 9.17) is 0 Å². The Morgan fingerprint density at radius 3 is 2.46 bits per heavy atom. The largest absolute Gasteiger partial charge is 0.352 e. The highest BCUT2D eigenvalue weighted by Gasteiger charge is 2.19. The number of rotatable bonds is 5. The average Bonchev–Trinajstić information content (AvgIpc) is 2.68. The van der Waals surface area contributed by atoms with Crippen LogP contribution in [0.25, 0.3) is 5.69 Å². The third kappa shape index (κ3) is 3.44. The maximum atomic E-state index is 12.5. The van der Waals surface area contributed by atoms with E-state index < -0.39 is 17.2 Å². The molecule has 0 unspecified atom stereocenters. The number of pyridine rings is 1. The average molecular weight is 351 g/mol. The first kappa shape index (κ1) is 17.3. The Morgan fingerprint density at radius 2 is 1.81 bits per heavy atom. The van der Waals surface area contributed by atoms with Crippen LogP contribution in [-0.2, 0) is 13.1 Å². The summed E-state index contributed by atoms with van der Waals surface area (Å²) >= 11 is 0. The molecule has 0 spiro atoms. The van der Waals surface area contributed by atoms with Crippen molar-refractivity contribution in [2.75, 3.05) is 0 Å². The van der Waals surface area contributed by atoms with E-state index in [1.54, 1.807) is 61.7 Å². The Balaban J connectivity index is 2.00. The van der Waals surface area contributed by atoms with Gasteiger partial charge in [0, 0.05) is 12.7 Å². The van der Waals surface area contributed by atoms with E-state index in [0.717, 1.165) is 9.25 Å². The molecular formula is C18H17N5O3. The van der Waals surface area contributed by atoms with Crippen molar-refractivity contribution in [3.05, 3.63) is 87.0 Å². The van der Waals surface area contributed by atoms with Gasteiger partial charge in [0.15, 0.2) is 0 Å². The molecule has 0 aliphatic rings. The molecule has 2 aromatic heterocycles. The highest BCUT2D eigenvalue weighted by Crippen LogP contribution is 2.02. The summed E-state index contributed by atoms with van der Waals surface area (Å²) in [6, 6.07) is 13.9. The van der Waals surface area contributed by atoms with Gasteiger partial charge in [0.2, 0.25) is 5.69 Å². The molecule has 0 bridgehead atoms. The summed E-state index contributed by atoms with van der Waals surface area (Å²) in [5.74, 6) is -0.660. The van der Waals surface area contributed by atoms with Crippen LogP contribution in [0.3, 0.4) is 0 Å². The fraction of sp³-hybridized carbons (Fsp3) is 0.167. The van der Waals surface area contributed by atoms with Gasteiger partial charge in [-0.1, -0.05) is 24.3 Å². The van der Waals surface area contributed by atoms with E-state index in [1.807, 2.05) is 0 Å². The Labute approximate surface area is 148 Å². The van der Waals surface area contributed by atoms with Crippen molar-refractivity contribution in [2.24, 2.45) is 0 Å². The van der Waals surface area contributed by atoms with E-state index in [9.17, 15) is 14.4 Å². The molecule has 0 saturated heterocycles. The molecule has 0 saturated carbocycles. The van der Waals surface area contributed by atoms with Gasteiger partial charge in [0.25, 0.3) is 11.5 Å². The summed E-state index contributed by atoms with van der Waals surface area (Å²) in [7, 11) is 0. The topological polar surface area (TPSA) is 98.9 Å². The van der Waals surface area contributed by atoms with Crippen LogP contribution in [-0.4, -0.2) is 25.2 Å². The first-order valence-electron chi connectivity index (χ1n) is 8.09. The zero-order valence-electron chi connectivity index (χ0n) is 14.1. The molecule has 2 heterocycles. The Bertz CT molecular complexity index is 1030. The van der Waals surface area contributed by atoms with Crippen LogP contribution in [0, 0.1) is 0 Å². The predicted molar refractivity (Wildman–Crippen MR) is 95.2 cm³/mol. The number of nitrogens with one attached hydrogen (secondary N) is 1. The number of benzene rings is 1. The number of hydrogen-bond acceptors (Lipinski definition) is 5. The van der Waals surface area contributed by atoms with Gasteiger partial charge >= 0.3 is 5.69 Å². The first-order valence-corrected chi connectivity index (χ1v) is 8.09. The highest BCUT2D eigenvalue weighted by atomic mass is 16.2. The van der Waals surface area contributed by atoms with E-state index in [-0.39, 0.29) is 18.8 Å². The first-order chi connectivity index (χ1) is 12.6. The lowest BCUT2D eigenvalue weighted by molar-refractivity contribution is 0.0940. The number of carbonyl (C=O) groups excluding carboxylic acids is 1. The lowest BCUT2D eigenvalue weighted by Gasteiger charge is -2.10. The van der Waals surface area contributed by atoms with Gasteiger partial charge in [0.1, 0.15) is 0 Å². The van der Waals surface area contributed by atoms with Crippen LogP contribution in [0.4, 0.5) is 0 Å². The number of nitrogens with zero attached hydrogens (tertiary/aromatic N) is 4. The Kier molecular flexibility index (Phi) is 5.02. The number of carbonyl (C=O) groups is 1. The molecule has 3 rings (SSSR count).